The molecule has 0 radical (unpaired) electrons. The van der Waals surface area contributed by atoms with Crippen molar-refractivity contribution < 1.29 is 0 Å². The molecule has 2 nitrogen and oxygen atoms in total. The summed E-state index contributed by atoms with van der Waals surface area (Å²) in [4.78, 5) is 0. The van der Waals surface area contributed by atoms with E-state index in [0.717, 1.165) is 12.1 Å². The highest BCUT2D eigenvalue weighted by molar-refractivity contribution is 7.80. The Kier molecular flexibility index (Phi) is 6.17. The van der Waals surface area contributed by atoms with Crippen molar-refractivity contribution in [1.82, 2.24) is 5.32 Å². The first-order chi connectivity index (χ1) is 11.0. The maximum atomic E-state index is 5.52. The molecule has 0 aliphatic rings. The van der Waals surface area contributed by atoms with E-state index in [1.54, 1.807) is 0 Å². The normalized spacial score (nSPS) is 12.0. The maximum absolute atomic E-state index is 5.52. The van der Waals surface area contributed by atoms with Crippen LogP contribution in [0, 0.1) is 19.8 Å². The minimum Gasteiger partial charge on any atom is -0.356 e. The third-order valence-electron chi connectivity index (χ3n) is 3.98. The van der Waals surface area contributed by atoms with Crippen molar-refractivity contribution in [3.63, 3.8) is 0 Å². The van der Waals surface area contributed by atoms with E-state index in [4.69, 9.17) is 12.2 Å². The number of nitrogens with one attached hydrogen (secondary N) is 2. The van der Waals surface area contributed by atoms with Crippen LogP contribution in [0.4, 0.5) is 5.69 Å². The van der Waals surface area contributed by atoms with Gasteiger partial charge in [-0.05, 0) is 67.2 Å². The van der Waals surface area contributed by atoms with Crippen molar-refractivity contribution in [3.8, 4) is 0 Å². The Bertz CT molecular complexity index is 650. The van der Waals surface area contributed by atoms with Crippen molar-refractivity contribution in [3.05, 3.63) is 65.2 Å². The average molecular weight is 327 g/mol. The monoisotopic (exact) mass is 326 g/mol. The standard InChI is InChI=1S/C20H26N2S/c1-14(2)12-19(17-8-6-5-7-9-17)22-20(23)21-18-11-10-15(3)16(4)13-18/h5-11,13-14,19H,12H2,1-4H3,(H2,21,22,23)/t19-/m0/s1. The van der Waals surface area contributed by atoms with Crippen LogP contribution in [0.1, 0.15) is 43.0 Å². The lowest BCUT2D eigenvalue weighted by atomic mass is 9.97. The number of hydrogen-bond acceptors (Lipinski definition) is 1. The Morgan fingerprint density at radius 1 is 1.00 bits per heavy atom. The van der Waals surface area contributed by atoms with Gasteiger partial charge in [-0.25, -0.2) is 0 Å². The van der Waals surface area contributed by atoms with E-state index in [1.165, 1.54) is 16.7 Å². The van der Waals surface area contributed by atoms with Crippen LogP contribution in [0.2, 0.25) is 0 Å². The number of thiocarbonyl (C=S) groups is 1. The summed E-state index contributed by atoms with van der Waals surface area (Å²) in [6.45, 7) is 8.70. The van der Waals surface area contributed by atoms with Crippen LogP contribution in [-0.4, -0.2) is 5.11 Å². The van der Waals surface area contributed by atoms with Gasteiger partial charge in [-0.2, -0.15) is 0 Å². The molecule has 2 aromatic rings. The van der Waals surface area contributed by atoms with Crippen molar-refractivity contribution >= 4 is 23.0 Å². The molecule has 0 bridgehead atoms. The lowest BCUT2D eigenvalue weighted by molar-refractivity contribution is 0.481. The molecule has 0 saturated carbocycles. The second kappa shape index (κ2) is 8.11. The number of benzene rings is 2. The third-order valence-corrected chi connectivity index (χ3v) is 4.20. The summed E-state index contributed by atoms with van der Waals surface area (Å²) < 4.78 is 0. The first-order valence-electron chi connectivity index (χ1n) is 8.15. The van der Waals surface area contributed by atoms with Crippen LogP contribution in [-0.2, 0) is 0 Å². The molecule has 0 amide bonds. The molecule has 0 aliphatic heterocycles. The second-order valence-electron chi connectivity index (χ2n) is 6.49. The molecule has 23 heavy (non-hydrogen) atoms. The minimum absolute atomic E-state index is 0.225. The Morgan fingerprint density at radius 2 is 1.70 bits per heavy atom. The van der Waals surface area contributed by atoms with E-state index in [0.29, 0.717) is 11.0 Å². The minimum atomic E-state index is 0.225. The summed E-state index contributed by atoms with van der Waals surface area (Å²) in [6.07, 6.45) is 1.04. The van der Waals surface area contributed by atoms with Gasteiger partial charge in [0, 0.05) is 5.69 Å². The largest absolute Gasteiger partial charge is 0.356 e. The maximum Gasteiger partial charge on any atom is 0.171 e. The molecule has 3 heteroatoms. The average Bonchev–Trinajstić information content (AvgIpc) is 2.51. The first-order valence-corrected chi connectivity index (χ1v) is 8.56. The quantitative estimate of drug-likeness (QED) is 0.722. The lowest BCUT2D eigenvalue weighted by Gasteiger charge is -2.23. The van der Waals surface area contributed by atoms with Crippen LogP contribution in [0.5, 0.6) is 0 Å². The molecule has 2 aromatic carbocycles. The van der Waals surface area contributed by atoms with Crippen molar-refractivity contribution in [1.29, 1.82) is 0 Å². The van der Waals surface area contributed by atoms with Gasteiger partial charge in [-0.1, -0.05) is 50.2 Å². The van der Waals surface area contributed by atoms with E-state index < -0.39 is 0 Å². The van der Waals surface area contributed by atoms with Crippen LogP contribution in [0.15, 0.2) is 48.5 Å². The fourth-order valence-electron chi connectivity index (χ4n) is 2.58. The molecule has 0 aromatic heterocycles. The Balaban J connectivity index is 2.06. The molecule has 0 heterocycles. The van der Waals surface area contributed by atoms with E-state index in [2.05, 4.69) is 80.8 Å². The molecule has 0 fully saturated rings. The summed E-state index contributed by atoms with van der Waals surface area (Å²) in [5.74, 6) is 0.595. The van der Waals surface area contributed by atoms with Crippen LogP contribution < -0.4 is 10.6 Å². The highest BCUT2D eigenvalue weighted by atomic mass is 32.1. The molecule has 0 aliphatic carbocycles. The molecule has 0 saturated heterocycles. The first kappa shape index (κ1) is 17.5. The fourth-order valence-corrected chi connectivity index (χ4v) is 2.84. The number of aryl methyl sites for hydroxylation is 2. The Morgan fingerprint density at radius 3 is 2.30 bits per heavy atom. The van der Waals surface area contributed by atoms with Gasteiger partial charge in [-0.3, -0.25) is 0 Å². The molecule has 2 rings (SSSR count). The van der Waals surface area contributed by atoms with Crippen LogP contribution in [0.25, 0.3) is 0 Å². The Labute approximate surface area is 145 Å². The van der Waals surface area contributed by atoms with Crippen molar-refractivity contribution in [2.45, 2.75) is 40.2 Å². The molecule has 122 valence electrons. The van der Waals surface area contributed by atoms with Gasteiger partial charge in [0.25, 0.3) is 0 Å². The fraction of sp³-hybridized carbons (Fsp3) is 0.350. The van der Waals surface area contributed by atoms with Gasteiger partial charge >= 0.3 is 0 Å². The smallest absolute Gasteiger partial charge is 0.171 e. The zero-order valence-corrected chi connectivity index (χ0v) is 15.2. The summed E-state index contributed by atoms with van der Waals surface area (Å²) in [6, 6.07) is 17.0. The Hall–Kier alpha value is -1.87. The summed E-state index contributed by atoms with van der Waals surface area (Å²) in [7, 11) is 0. The topological polar surface area (TPSA) is 24.1 Å². The summed E-state index contributed by atoms with van der Waals surface area (Å²) >= 11 is 5.52. The predicted molar refractivity (Wildman–Crippen MR) is 104 cm³/mol. The van der Waals surface area contributed by atoms with Gasteiger partial charge in [0.05, 0.1) is 6.04 Å². The number of hydrogen-bond donors (Lipinski definition) is 2. The highest BCUT2D eigenvalue weighted by Crippen LogP contribution is 2.21. The van der Waals surface area contributed by atoms with E-state index in [9.17, 15) is 0 Å². The molecule has 0 spiro atoms. The van der Waals surface area contributed by atoms with E-state index in [1.807, 2.05) is 6.07 Å². The zero-order chi connectivity index (χ0) is 16.8. The molecule has 0 unspecified atom stereocenters. The van der Waals surface area contributed by atoms with Gasteiger partial charge in [0.2, 0.25) is 0 Å². The van der Waals surface area contributed by atoms with Crippen molar-refractivity contribution in [2.75, 3.05) is 5.32 Å². The lowest BCUT2D eigenvalue weighted by Crippen LogP contribution is -2.33. The van der Waals surface area contributed by atoms with Gasteiger partial charge in [0.15, 0.2) is 5.11 Å². The molecular formula is C20H26N2S. The highest BCUT2D eigenvalue weighted by Gasteiger charge is 2.14. The SMILES string of the molecule is Cc1ccc(NC(=S)N[C@@H](CC(C)C)c2ccccc2)cc1C. The van der Waals surface area contributed by atoms with Gasteiger partial charge in [-0.15, -0.1) is 0 Å². The summed E-state index contributed by atoms with van der Waals surface area (Å²) in [5.41, 5.74) is 4.85. The van der Waals surface area contributed by atoms with E-state index in [-0.39, 0.29) is 6.04 Å². The van der Waals surface area contributed by atoms with Gasteiger partial charge < -0.3 is 10.6 Å². The number of rotatable bonds is 5. The molecule has 1 atom stereocenters. The van der Waals surface area contributed by atoms with Gasteiger partial charge in [0.1, 0.15) is 0 Å². The van der Waals surface area contributed by atoms with Crippen LogP contribution >= 0.6 is 12.2 Å². The molecular weight excluding hydrogens is 300 g/mol. The predicted octanol–water partition coefficient (Wildman–Crippen LogP) is 5.38. The van der Waals surface area contributed by atoms with E-state index >= 15 is 0 Å². The molecule has 2 N–H and O–H groups in total. The second-order valence-corrected chi connectivity index (χ2v) is 6.90. The number of anilines is 1. The van der Waals surface area contributed by atoms with Crippen molar-refractivity contribution in [2.24, 2.45) is 5.92 Å². The third kappa shape index (κ3) is 5.36. The summed E-state index contributed by atoms with van der Waals surface area (Å²) in [5, 5.41) is 7.44. The van der Waals surface area contributed by atoms with Crippen LogP contribution in [0.3, 0.4) is 0 Å². The zero-order valence-electron chi connectivity index (χ0n) is 14.4.